The van der Waals surface area contributed by atoms with Crippen LogP contribution in [0.2, 0.25) is 0 Å². The van der Waals surface area contributed by atoms with Crippen LogP contribution in [0.15, 0.2) is 35.4 Å². The Morgan fingerprint density at radius 1 is 1.64 bits per heavy atom. The fraction of sp³-hybridized carbons (Fsp3) is 0.250. The summed E-state index contributed by atoms with van der Waals surface area (Å²) in [5.74, 6) is 0.668. The van der Waals surface area contributed by atoms with Crippen molar-refractivity contribution in [2.75, 3.05) is 7.11 Å². The average molecular weight is 153 g/mol. The summed E-state index contributed by atoms with van der Waals surface area (Å²) in [5.41, 5.74) is 6.97. The molecule has 0 saturated heterocycles. The normalized spacial score (nSPS) is 21.0. The first kappa shape index (κ1) is 7.72. The molecule has 1 rings (SSSR count). The van der Waals surface area contributed by atoms with Crippen molar-refractivity contribution in [1.82, 2.24) is 0 Å². The molecule has 0 atom stereocenters. The number of methoxy groups -OCH3 is 1. The van der Waals surface area contributed by atoms with Gasteiger partial charge in [0.2, 0.25) is 0 Å². The van der Waals surface area contributed by atoms with Gasteiger partial charge in [-0.1, -0.05) is 0 Å². The fourth-order valence-corrected chi connectivity index (χ4v) is 0.964. The van der Waals surface area contributed by atoms with Gasteiger partial charge in [-0.05, 0) is 12.2 Å². The van der Waals surface area contributed by atoms with E-state index in [1.807, 2.05) is 0 Å². The van der Waals surface area contributed by atoms with E-state index in [4.69, 9.17) is 15.6 Å². The van der Waals surface area contributed by atoms with E-state index in [0.29, 0.717) is 17.8 Å². The lowest BCUT2D eigenvalue weighted by molar-refractivity contribution is 0.294. The van der Waals surface area contributed by atoms with Crippen LogP contribution in [-0.2, 0) is 4.74 Å². The zero-order valence-corrected chi connectivity index (χ0v) is 6.37. The molecule has 0 bridgehead atoms. The Morgan fingerprint density at radius 3 is 2.91 bits per heavy atom. The summed E-state index contributed by atoms with van der Waals surface area (Å²) >= 11 is 0. The van der Waals surface area contributed by atoms with Crippen LogP contribution < -0.4 is 5.73 Å². The second-order valence-electron chi connectivity index (χ2n) is 2.31. The summed E-state index contributed by atoms with van der Waals surface area (Å²) in [7, 11) is 1.56. The Kier molecular flexibility index (Phi) is 2.21. The summed E-state index contributed by atoms with van der Waals surface area (Å²) in [4.78, 5) is 0. The predicted molar refractivity (Wildman–Crippen MR) is 42.7 cm³/mol. The van der Waals surface area contributed by atoms with Gasteiger partial charge in [0.25, 0.3) is 0 Å². The minimum absolute atomic E-state index is 0.552. The fourth-order valence-electron chi connectivity index (χ4n) is 0.964. The van der Waals surface area contributed by atoms with Gasteiger partial charge in [-0.2, -0.15) is 0 Å². The maximum atomic E-state index is 8.74. The van der Waals surface area contributed by atoms with Gasteiger partial charge in [-0.3, -0.25) is 0 Å². The first-order valence-electron chi connectivity index (χ1n) is 3.32. The zero-order chi connectivity index (χ0) is 8.27. The minimum atomic E-state index is 0.552. The summed E-state index contributed by atoms with van der Waals surface area (Å²) < 4.78 is 4.98. The van der Waals surface area contributed by atoms with Crippen molar-refractivity contribution in [3.8, 4) is 0 Å². The van der Waals surface area contributed by atoms with Crippen molar-refractivity contribution in [3.05, 3.63) is 35.4 Å². The Bertz CT molecular complexity index is 238. The third-order valence-electron chi connectivity index (χ3n) is 1.54. The standard InChI is InChI=1S/C8H11NO2/c1-11-8-3-2-7(9)4-6(8)5-10/h2-3,5,10H,4,9H2,1H3. The zero-order valence-electron chi connectivity index (χ0n) is 6.37. The Balaban J connectivity index is 2.89. The van der Waals surface area contributed by atoms with E-state index in [1.54, 1.807) is 19.3 Å². The largest absolute Gasteiger partial charge is 0.515 e. The molecular weight excluding hydrogens is 142 g/mol. The van der Waals surface area contributed by atoms with Crippen molar-refractivity contribution in [3.63, 3.8) is 0 Å². The number of aliphatic hydroxyl groups excluding tert-OH is 1. The number of hydrogen-bond acceptors (Lipinski definition) is 3. The third kappa shape index (κ3) is 1.55. The second kappa shape index (κ2) is 3.14. The molecule has 0 aromatic carbocycles. The summed E-state index contributed by atoms with van der Waals surface area (Å²) in [6, 6.07) is 0. The van der Waals surface area contributed by atoms with E-state index in [9.17, 15) is 0 Å². The Morgan fingerprint density at radius 2 is 2.36 bits per heavy atom. The van der Waals surface area contributed by atoms with Crippen molar-refractivity contribution < 1.29 is 9.84 Å². The van der Waals surface area contributed by atoms with Crippen LogP contribution in [0.1, 0.15) is 6.42 Å². The van der Waals surface area contributed by atoms with Gasteiger partial charge >= 0.3 is 0 Å². The number of allylic oxidation sites excluding steroid dienone is 4. The highest BCUT2D eigenvalue weighted by Gasteiger charge is 2.10. The highest BCUT2D eigenvalue weighted by molar-refractivity contribution is 5.36. The molecule has 0 aromatic rings. The smallest absolute Gasteiger partial charge is 0.125 e. The minimum Gasteiger partial charge on any atom is -0.515 e. The van der Waals surface area contributed by atoms with Gasteiger partial charge < -0.3 is 15.6 Å². The molecule has 3 N–H and O–H groups in total. The van der Waals surface area contributed by atoms with E-state index < -0.39 is 0 Å². The van der Waals surface area contributed by atoms with Crippen LogP contribution in [-0.4, -0.2) is 12.2 Å². The Labute approximate surface area is 65.5 Å². The quantitative estimate of drug-likeness (QED) is 0.556. The molecule has 0 aromatic heterocycles. The molecule has 0 aliphatic heterocycles. The number of rotatable bonds is 1. The summed E-state index contributed by atoms with van der Waals surface area (Å²) in [5, 5.41) is 8.74. The van der Waals surface area contributed by atoms with Gasteiger partial charge in [-0.15, -0.1) is 0 Å². The summed E-state index contributed by atoms with van der Waals surface area (Å²) in [6.07, 6.45) is 5.08. The van der Waals surface area contributed by atoms with Crippen LogP contribution >= 0.6 is 0 Å². The van der Waals surface area contributed by atoms with Gasteiger partial charge in [0.1, 0.15) is 5.76 Å². The first-order chi connectivity index (χ1) is 5.27. The molecule has 0 unspecified atom stereocenters. The molecule has 1 aliphatic rings. The molecule has 60 valence electrons. The molecular formula is C8H11NO2. The molecule has 3 heteroatoms. The maximum absolute atomic E-state index is 8.74. The van der Waals surface area contributed by atoms with Gasteiger partial charge in [-0.25, -0.2) is 0 Å². The molecule has 3 nitrogen and oxygen atoms in total. The molecule has 0 heterocycles. The van der Waals surface area contributed by atoms with E-state index in [2.05, 4.69) is 0 Å². The van der Waals surface area contributed by atoms with Gasteiger partial charge in [0.15, 0.2) is 0 Å². The van der Waals surface area contributed by atoms with E-state index in [0.717, 1.165) is 12.0 Å². The van der Waals surface area contributed by atoms with Crippen molar-refractivity contribution in [1.29, 1.82) is 0 Å². The van der Waals surface area contributed by atoms with Crippen LogP contribution in [0.4, 0.5) is 0 Å². The van der Waals surface area contributed by atoms with Crippen LogP contribution in [0.25, 0.3) is 0 Å². The van der Waals surface area contributed by atoms with Crippen LogP contribution in [0.5, 0.6) is 0 Å². The maximum Gasteiger partial charge on any atom is 0.125 e. The molecule has 0 radical (unpaired) electrons. The molecule has 0 saturated carbocycles. The highest BCUT2D eigenvalue weighted by atomic mass is 16.5. The number of hydrogen-bond donors (Lipinski definition) is 2. The summed E-state index contributed by atoms with van der Waals surface area (Å²) in [6.45, 7) is 0. The SMILES string of the molecule is COC1=CC=C(N)CC1=CO. The topological polar surface area (TPSA) is 55.5 Å². The molecule has 0 spiro atoms. The van der Waals surface area contributed by atoms with Crippen molar-refractivity contribution in [2.45, 2.75) is 6.42 Å². The van der Waals surface area contributed by atoms with E-state index >= 15 is 0 Å². The third-order valence-corrected chi connectivity index (χ3v) is 1.54. The van der Waals surface area contributed by atoms with Gasteiger partial charge in [0.05, 0.1) is 13.4 Å². The van der Waals surface area contributed by atoms with Crippen molar-refractivity contribution >= 4 is 0 Å². The van der Waals surface area contributed by atoms with E-state index in [-0.39, 0.29) is 0 Å². The van der Waals surface area contributed by atoms with Gasteiger partial charge in [0, 0.05) is 17.7 Å². The Hall–Kier alpha value is -1.38. The average Bonchev–Trinajstić information content (AvgIpc) is 2.04. The van der Waals surface area contributed by atoms with Crippen LogP contribution in [0, 0.1) is 0 Å². The monoisotopic (exact) mass is 153 g/mol. The lowest BCUT2D eigenvalue weighted by Crippen LogP contribution is -2.05. The second-order valence-corrected chi connectivity index (χ2v) is 2.31. The molecule has 1 aliphatic carbocycles. The van der Waals surface area contributed by atoms with Crippen molar-refractivity contribution in [2.24, 2.45) is 5.73 Å². The molecule has 11 heavy (non-hydrogen) atoms. The molecule has 0 fully saturated rings. The highest BCUT2D eigenvalue weighted by Crippen LogP contribution is 2.21. The van der Waals surface area contributed by atoms with Crippen LogP contribution in [0.3, 0.4) is 0 Å². The predicted octanol–water partition coefficient (Wildman–Crippen LogP) is 1.20. The first-order valence-corrected chi connectivity index (χ1v) is 3.32. The van der Waals surface area contributed by atoms with E-state index in [1.165, 1.54) is 0 Å². The number of nitrogens with two attached hydrogens (primary N) is 1. The number of aliphatic hydroxyl groups is 1. The number of ether oxygens (including phenoxy) is 1. The lowest BCUT2D eigenvalue weighted by atomic mass is 10.0. The lowest BCUT2D eigenvalue weighted by Gasteiger charge is -2.13. The molecule has 0 amide bonds.